The first kappa shape index (κ1) is 19.2. The first-order valence-electron chi connectivity index (χ1n) is 10.3. The normalized spacial score (nSPS) is 15.1. The fourth-order valence-corrected chi connectivity index (χ4v) is 4.18. The number of hydrogen-bond donors (Lipinski definition) is 0. The summed E-state index contributed by atoms with van der Waals surface area (Å²) in [5.41, 5.74) is 3.06. The fraction of sp³-hybridized carbons (Fsp3) is 0.240. The third kappa shape index (κ3) is 3.93. The molecule has 5 rings (SSSR count). The maximum absolute atomic E-state index is 6.12. The number of benzene rings is 3. The lowest BCUT2D eigenvalue weighted by molar-refractivity contribution is 0.302. The van der Waals surface area contributed by atoms with Gasteiger partial charge in [0, 0.05) is 47.7 Å². The standard InChI is InChI=1S/C25H24ClN3O/c1-28-11-13-29(14-12-28)25-4-2-3-18-7-10-22(16-23(18)25)30-17-21-9-6-19-5-8-20(26)15-24(19)27-21/h2-10,15-16H,11-14,17H2,1H3. The zero-order chi connectivity index (χ0) is 20.5. The van der Waals surface area contributed by atoms with E-state index in [1.54, 1.807) is 0 Å². The Kier molecular flexibility index (Phi) is 5.19. The largest absolute Gasteiger partial charge is 0.487 e. The Morgan fingerprint density at radius 1 is 0.900 bits per heavy atom. The molecule has 0 atom stereocenters. The van der Waals surface area contributed by atoms with Crippen LogP contribution in [-0.2, 0) is 6.61 Å². The second kappa shape index (κ2) is 8.13. The Labute approximate surface area is 181 Å². The van der Waals surface area contributed by atoms with Gasteiger partial charge in [-0.25, -0.2) is 4.98 Å². The lowest BCUT2D eigenvalue weighted by atomic mass is 10.1. The molecule has 1 fully saturated rings. The molecule has 1 aliphatic heterocycles. The first-order valence-corrected chi connectivity index (χ1v) is 10.7. The molecule has 0 N–H and O–H groups in total. The van der Waals surface area contributed by atoms with Crippen LogP contribution in [0, 0.1) is 0 Å². The Morgan fingerprint density at radius 2 is 1.70 bits per heavy atom. The van der Waals surface area contributed by atoms with E-state index < -0.39 is 0 Å². The number of likely N-dealkylation sites (N-methyl/N-ethyl adjacent to an activating group) is 1. The van der Waals surface area contributed by atoms with Crippen molar-refractivity contribution < 1.29 is 4.74 Å². The molecule has 3 aromatic carbocycles. The minimum Gasteiger partial charge on any atom is -0.487 e. The van der Waals surface area contributed by atoms with Gasteiger partial charge in [0.05, 0.1) is 11.2 Å². The summed E-state index contributed by atoms with van der Waals surface area (Å²) in [5, 5.41) is 4.24. The molecule has 1 aliphatic rings. The van der Waals surface area contributed by atoms with Crippen LogP contribution in [0.15, 0.2) is 66.7 Å². The predicted molar refractivity (Wildman–Crippen MR) is 125 cm³/mol. The third-order valence-electron chi connectivity index (χ3n) is 5.77. The monoisotopic (exact) mass is 417 g/mol. The van der Waals surface area contributed by atoms with Crippen LogP contribution in [0.3, 0.4) is 0 Å². The van der Waals surface area contributed by atoms with Crippen LogP contribution in [0.1, 0.15) is 5.69 Å². The van der Waals surface area contributed by atoms with Gasteiger partial charge in [0.2, 0.25) is 0 Å². The van der Waals surface area contributed by atoms with Gasteiger partial charge in [-0.2, -0.15) is 0 Å². The van der Waals surface area contributed by atoms with E-state index in [9.17, 15) is 0 Å². The minimum absolute atomic E-state index is 0.421. The van der Waals surface area contributed by atoms with Gasteiger partial charge in [-0.05, 0) is 48.8 Å². The molecule has 2 heterocycles. The van der Waals surface area contributed by atoms with Gasteiger partial charge in [0.15, 0.2) is 0 Å². The Hall–Kier alpha value is -2.82. The summed E-state index contributed by atoms with van der Waals surface area (Å²) in [5.74, 6) is 0.858. The SMILES string of the molecule is CN1CCN(c2cccc3ccc(OCc4ccc5ccc(Cl)cc5n4)cc23)CC1. The van der Waals surface area contributed by atoms with Crippen LogP contribution in [0.4, 0.5) is 5.69 Å². The molecule has 0 bridgehead atoms. The molecule has 152 valence electrons. The smallest absolute Gasteiger partial charge is 0.130 e. The predicted octanol–water partition coefficient (Wildman–Crippen LogP) is 5.37. The molecule has 5 heteroatoms. The number of halogens is 1. The van der Waals surface area contributed by atoms with Crippen LogP contribution in [0.25, 0.3) is 21.7 Å². The van der Waals surface area contributed by atoms with Crippen molar-refractivity contribution in [3.63, 3.8) is 0 Å². The van der Waals surface area contributed by atoms with Gasteiger partial charge in [0.1, 0.15) is 12.4 Å². The highest BCUT2D eigenvalue weighted by molar-refractivity contribution is 6.31. The van der Waals surface area contributed by atoms with E-state index in [1.165, 1.54) is 16.5 Å². The van der Waals surface area contributed by atoms with Gasteiger partial charge in [-0.3, -0.25) is 0 Å². The number of fused-ring (bicyclic) bond motifs is 2. The second-order valence-corrected chi connectivity index (χ2v) is 8.32. The molecule has 0 aliphatic carbocycles. The Morgan fingerprint density at radius 3 is 2.57 bits per heavy atom. The fourth-order valence-electron chi connectivity index (χ4n) is 4.02. The average Bonchev–Trinajstić information content (AvgIpc) is 2.77. The summed E-state index contributed by atoms with van der Waals surface area (Å²) in [6, 6.07) is 22.7. The summed E-state index contributed by atoms with van der Waals surface area (Å²) in [7, 11) is 2.18. The second-order valence-electron chi connectivity index (χ2n) is 7.88. The number of anilines is 1. The van der Waals surface area contributed by atoms with Crippen molar-refractivity contribution in [3.8, 4) is 5.75 Å². The van der Waals surface area contributed by atoms with E-state index in [1.807, 2.05) is 30.3 Å². The molecule has 1 saturated heterocycles. The highest BCUT2D eigenvalue weighted by Crippen LogP contribution is 2.31. The summed E-state index contributed by atoms with van der Waals surface area (Å²) < 4.78 is 6.12. The van der Waals surface area contributed by atoms with Gasteiger partial charge < -0.3 is 14.5 Å². The zero-order valence-electron chi connectivity index (χ0n) is 17.0. The third-order valence-corrected chi connectivity index (χ3v) is 6.01. The number of pyridine rings is 1. The molecule has 30 heavy (non-hydrogen) atoms. The highest BCUT2D eigenvalue weighted by atomic mass is 35.5. The van der Waals surface area contributed by atoms with E-state index in [4.69, 9.17) is 16.3 Å². The van der Waals surface area contributed by atoms with Crippen molar-refractivity contribution in [2.75, 3.05) is 38.1 Å². The van der Waals surface area contributed by atoms with Gasteiger partial charge in [-0.1, -0.05) is 41.9 Å². The van der Waals surface area contributed by atoms with Gasteiger partial charge >= 0.3 is 0 Å². The van der Waals surface area contributed by atoms with Crippen molar-refractivity contribution in [2.45, 2.75) is 6.61 Å². The van der Waals surface area contributed by atoms with Gasteiger partial charge in [0.25, 0.3) is 0 Å². The molecule has 4 nitrogen and oxygen atoms in total. The highest BCUT2D eigenvalue weighted by Gasteiger charge is 2.16. The minimum atomic E-state index is 0.421. The van der Waals surface area contributed by atoms with Crippen molar-refractivity contribution >= 4 is 39.0 Å². The quantitative estimate of drug-likeness (QED) is 0.446. The van der Waals surface area contributed by atoms with Crippen molar-refractivity contribution in [3.05, 3.63) is 77.4 Å². The van der Waals surface area contributed by atoms with E-state index >= 15 is 0 Å². The zero-order valence-corrected chi connectivity index (χ0v) is 17.8. The molecule has 1 aromatic heterocycles. The number of hydrogen-bond acceptors (Lipinski definition) is 4. The Balaban J connectivity index is 1.39. The van der Waals surface area contributed by atoms with Crippen LogP contribution in [0.2, 0.25) is 5.02 Å². The van der Waals surface area contributed by atoms with Crippen molar-refractivity contribution in [1.82, 2.24) is 9.88 Å². The number of ether oxygens (including phenoxy) is 1. The lowest BCUT2D eigenvalue weighted by Crippen LogP contribution is -2.44. The summed E-state index contributed by atoms with van der Waals surface area (Å²) in [6.45, 7) is 4.69. The van der Waals surface area contributed by atoms with E-state index in [-0.39, 0.29) is 0 Å². The summed E-state index contributed by atoms with van der Waals surface area (Å²) in [6.07, 6.45) is 0. The summed E-state index contributed by atoms with van der Waals surface area (Å²) >= 11 is 6.11. The first-order chi connectivity index (χ1) is 14.7. The molecule has 0 amide bonds. The molecule has 0 radical (unpaired) electrons. The van der Waals surface area contributed by atoms with Crippen LogP contribution in [-0.4, -0.2) is 43.1 Å². The Bertz CT molecular complexity index is 1200. The number of nitrogens with zero attached hydrogens (tertiary/aromatic N) is 3. The van der Waals surface area contributed by atoms with Crippen LogP contribution >= 0.6 is 11.6 Å². The maximum atomic E-state index is 6.12. The molecule has 0 spiro atoms. The van der Waals surface area contributed by atoms with Crippen LogP contribution < -0.4 is 9.64 Å². The molecular weight excluding hydrogens is 394 g/mol. The van der Waals surface area contributed by atoms with Gasteiger partial charge in [-0.15, -0.1) is 0 Å². The lowest BCUT2D eigenvalue weighted by Gasteiger charge is -2.34. The van der Waals surface area contributed by atoms with E-state index in [0.29, 0.717) is 11.6 Å². The average molecular weight is 418 g/mol. The summed E-state index contributed by atoms with van der Waals surface area (Å²) in [4.78, 5) is 9.54. The van der Waals surface area contributed by atoms with Crippen molar-refractivity contribution in [2.24, 2.45) is 0 Å². The van der Waals surface area contributed by atoms with E-state index in [0.717, 1.165) is 48.5 Å². The molecular formula is C25H24ClN3O. The topological polar surface area (TPSA) is 28.6 Å². The van der Waals surface area contributed by atoms with Crippen LogP contribution in [0.5, 0.6) is 5.75 Å². The van der Waals surface area contributed by atoms with E-state index in [2.05, 4.69) is 58.2 Å². The maximum Gasteiger partial charge on any atom is 0.130 e. The van der Waals surface area contributed by atoms with Crippen molar-refractivity contribution in [1.29, 1.82) is 0 Å². The number of aromatic nitrogens is 1. The molecule has 4 aromatic rings. The number of piperazine rings is 1. The molecule has 0 saturated carbocycles. The number of rotatable bonds is 4. The molecule has 0 unspecified atom stereocenters.